The first-order chi connectivity index (χ1) is 10.3. The molecule has 2 N–H and O–H groups in total. The lowest BCUT2D eigenvalue weighted by Gasteiger charge is -2.27. The molecule has 22 heavy (non-hydrogen) atoms. The van der Waals surface area contributed by atoms with Crippen molar-refractivity contribution in [1.82, 2.24) is 10.6 Å². The van der Waals surface area contributed by atoms with Crippen LogP contribution in [0, 0.1) is 11.3 Å². The van der Waals surface area contributed by atoms with E-state index in [1.54, 1.807) is 19.2 Å². The van der Waals surface area contributed by atoms with Gasteiger partial charge in [-0.25, -0.2) is 4.79 Å². The number of hydrogen-bond acceptors (Lipinski definition) is 3. The van der Waals surface area contributed by atoms with Gasteiger partial charge in [0.05, 0.1) is 23.3 Å². The van der Waals surface area contributed by atoms with Gasteiger partial charge in [0.1, 0.15) is 0 Å². The molecule has 5 nitrogen and oxygen atoms in total. The Bertz CT molecular complexity index is 532. The van der Waals surface area contributed by atoms with Gasteiger partial charge in [-0.2, -0.15) is 5.26 Å². The molecule has 0 bridgehead atoms. The van der Waals surface area contributed by atoms with Gasteiger partial charge in [0.25, 0.3) is 0 Å². The molecule has 0 aliphatic heterocycles. The number of rotatable bonds is 6. The molecule has 0 unspecified atom stereocenters. The van der Waals surface area contributed by atoms with E-state index < -0.39 is 0 Å². The van der Waals surface area contributed by atoms with Crippen LogP contribution in [0.5, 0.6) is 0 Å². The minimum Gasteiger partial charge on any atom is -0.379 e. The van der Waals surface area contributed by atoms with Crippen molar-refractivity contribution in [2.75, 3.05) is 7.11 Å². The normalized spacial score (nSPS) is 13.8. The quantitative estimate of drug-likeness (QED) is 0.848. The second kappa shape index (κ2) is 7.81. The van der Waals surface area contributed by atoms with Crippen LogP contribution < -0.4 is 10.6 Å². The van der Waals surface area contributed by atoms with E-state index in [2.05, 4.69) is 16.7 Å². The van der Waals surface area contributed by atoms with E-state index in [4.69, 9.17) is 10.00 Å². The summed E-state index contributed by atoms with van der Waals surface area (Å²) in [7, 11) is 1.67. The fourth-order valence-electron chi connectivity index (χ4n) is 2.26. The van der Waals surface area contributed by atoms with Gasteiger partial charge in [-0.15, -0.1) is 0 Å². The molecular formula is C17H25N3O2. The maximum atomic E-state index is 12.0. The standard InChI is InChI=1S/C17H25N3O2/c1-12(10-17(3,4)22-5)19-16(21)20-13(2)15-8-6-14(11-18)7-9-15/h6-9,12-13H,10H2,1-5H3,(H2,19,20,21)/t12-,13+/m0/s1. The van der Waals surface area contributed by atoms with E-state index in [1.165, 1.54) is 0 Å². The summed E-state index contributed by atoms with van der Waals surface area (Å²) in [6, 6.07) is 8.92. The number of ether oxygens (including phenoxy) is 1. The molecule has 120 valence electrons. The molecule has 0 aromatic heterocycles. The fraction of sp³-hybridized carbons (Fsp3) is 0.529. The van der Waals surface area contributed by atoms with E-state index in [9.17, 15) is 4.79 Å². The van der Waals surface area contributed by atoms with E-state index in [-0.39, 0.29) is 23.7 Å². The number of amides is 2. The van der Waals surface area contributed by atoms with Crippen LogP contribution in [0.1, 0.15) is 51.3 Å². The lowest BCUT2D eigenvalue weighted by molar-refractivity contribution is 0.00949. The van der Waals surface area contributed by atoms with Crippen molar-refractivity contribution in [3.8, 4) is 6.07 Å². The van der Waals surface area contributed by atoms with Crippen LogP contribution in [0.4, 0.5) is 4.79 Å². The average Bonchev–Trinajstić information content (AvgIpc) is 2.46. The molecule has 0 aliphatic carbocycles. The zero-order valence-electron chi connectivity index (χ0n) is 13.9. The number of nitrogens with one attached hydrogen (secondary N) is 2. The molecule has 0 aliphatic rings. The molecule has 0 fully saturated rings. The first-order valence-electron chi connectivity index (χ1n) is 7.39. The number of benzene rings is 1. The lowest BCUT2D eigenvalue weighted by atomic mass is 10.00. The zero-order chi connectivity index (χ0) is 16.8. The smallest absolute Gasteiger partial charge is 0.315 e. The van der Waals surface area contributed by atoms with Crippen molar-refractivity contribution in [2.45, 2.75) is 51.8 Å². The number of nitriles is 1. The van der Waals surface area contributed by atoms with Crippen LogP contribution in [0.15, 0.2) is 24.3 Å². The number of methoxy groups -OCH3 is 1. The van der Waals surface area contributed by atoms with Gasteiger partial charge in [-0.05, 0) is 51.8 Å². The molecule has 0 spiro atoms. The minimum atomic E-state index is -0.272. The molecular weight excluding hydrogens is 278 g/mol. The lowest BCUT2D eigenvalue weighted by Crippen LogP contribution is -2.44. The van der Waals surface area contributed by atoms with Crippen LogP contribution in [0.2, 0.25) is 0 Å². The van der Waals surface area contributed by atoms with Gasteiger partial charge in [0.2, 0.25) is 0 Å². The van der Waals surface area contributed by atoms with E-state index in [0.717, 1.165) is 12.0 Å². The maximum Gasteiger partial charge on any atom is 0.315 e. The highest BCUT2D eigenvalue weighted by Gasteiger charge is 2.21. The summed E-state index contributed by atoms with van der Waals surface area (Å²) in [6.07, 6.45) is 0.724. The Hall–Kier alpha value is -2.06. The third kappa shape index (κ3) is 5.74. The van der Waals surface area contributed by atoms with E-state index >= 15 is 0 Å². The fourth-order valence-corrected chi connectivity index (χ4v) is 2.26. The Morgan fingerprint density at radius 2 is 1.86 bits per heavy atom. The van der Waals surface area contributed by atoms with Crippen molar-refractivity contribution in [2.24, 2.45) is 0 Å². The molecule has 0 radical (unpaired) electrons. The van der Waals surface area contributed by atoms with Gasteiger partial charge in [-0.1, -0.05) is 12.1 Å². The molecule has 2 amide bonds. The highest BCUT2D eigenvalue weighted by Crippen LogP contribution is 2.16. The van der Waals surface area contributed by atoms with Crippen LogP contribution in [0.25, 0.3) is 0 Å². The van der Waals surface area contributed by atoms with Gasteiger partial charge >= 0.3 is 6.03 Å². The topological polar surface area (TPSA) is 74.2 Å². The van der Waals surface area contributed by atoms with Crippen LogP contribution in [0.3, 0.4) is 0 Å². The predicted octanol–water partition coefficient (Wildman–Crippen LogP) is 3.12. The summed E-state index contributed by atoms with van der Waals surface area (Å²) < 4.78 is 5.36. The summed E-state index contributed by atoms with van der Waals surface area (Å²) in [5, 5.41) is 14.6. The molecule has 1 aromatic rings. The molecule has 0 heterocycles. The Balaban J connectivity index is 2.51. The second-order valence-electron chi connectivity index (χ2n) is 6.14. The van der Waals surface area contributed by atoms with Crippen LogP contribution in [-0.4, -0.2) is 24.8 Å². The van der Waals surface area contributed by atoms with E-state index in [1.807, 2.05) is 39.8 Å². The van der Waals surface area contributed by atoms with Crippen molar-refractivity contribution >= 4 is 6.03 Å². The number of carbonyl (C=O) groups excluding carboxylic acids is 1. The summed E-state index contributed by atoms with van der Waals surface area (Å²) >= 11 is 0. The largest absolute Gasteiger partial charge is 0.379 e. The number of nitrogens with zero attached hydrogens (tertiary/aromatic N) is 1. The molecule has 1 aromatic carbocycles. The Morgan fingerprint density at radius 3 is 2.36 bits per heavy atom. The minimum absolute atomic E-state index is 0.00288. The zero-order valence-corrected chi connectivity index (χ0v) is 13.9. The van der Waals surface area contributed by atoms with Crippen molar-refractivity contribution in [3.63, 3.8) is 0 Å². The summed E-state index contributed by atoms with van der Waals surface area (Å²) in [6.45, 7) is 7.84. The monoisotopic (exact) mass is 303 g/mol. The molecule has 2 atom stereocenters. The number of hydrogen-bond donors (Lipinski definition) is 2. The van der Waals surface area contributed by atoms with Crippen molar-refractivity contribution < 1.29 is 9.53 Å². The molecule has 5 heteroatoms. The van der Waals surface area contributed by atoms with E-state index in [0.29, 0.717) is 5.56 Å². The van der Waals surface area contributed by atoms with Gasteiger partial charge < -0.3 is 15.4 Å². The highest BCUT2D eigenvalue weighted by molar-refractivity contribution is 5.74. The Kier molecular flexibility index (Phi) is 6.39. The van der Waals surface area contributed by atoms with Crippen molar-refractivity contribution in [1.29, 1.82) is 5.26 Å². The summed E-state index contributed by atoms with van der Waals surface area (Å²) in [5.41, 5.74) is 1.29. The predicted molar refractivity (Wildman–Crippen MR) is 86.4 cm³/mol. The maximum absolute atomic E-state index is 12.0. The summed E-state index contributed by atoms with van der Waals surface area (Å²) in [4.78, 5) is 12.0. The number of carbonyl (C=O) groups is 1. The van der Waals surface area contributed by atoms with Gasteiger partial charge in [0, 0.05) is 13.2 Å². The summed E-state index contributed by atoms with van der Waals surface area (Å²) in [5.74, 6) is 0. The highest BCUT2D eigenvalue weighted by atomic mass is 16.5. The SMILES string of the molecule is COC(C)(C)C[C@H](C)NC(=O)N[C@H](C)c1ccc(C#N)cc1. The molecule has 1 rings (SSSR count). The molecule has 0 saturated heterocycles. The Morgan fingerprint density at radius 1 is 1.27 bits per heavy atom. The van der Waals surface area contributed by atoms with Gasteiger partial charge in [-0.3, -0.25) is 0 Å². The number of urea groups is 1. The van der Waals surface area contributed by atoms with Crippen LogP contribution >= 0.6 is 0 Å². The average molecular weight is 303 g/mol. The third-order valence-corrected chi connectivity index (χ3v) is 3.62. The Labute approximate surface area is 132 Å². The van der Waals surface area contributed by atoms with Crippen LogP contribution in [-0.2, 0) is 4.74 Å². The third-order valence-electron chi connectivity index (χ3n) is 3.62. The first kappa shape index (κ1) is 18.0. The second-order valence-corrected chi connectivity index (χ2v) is 6.14. The van der Waals surface area contributed by atoms with Gasteiger partial charge in [0.15, 0.2) is 0 Å². The van der Waals surface area contributed by atoms with Crippen molar-refractivity contribution in [3.05, 3.63) is 35.4 Å². The molecule has 0 saturated carbocycles. The first-order valence-corrected chi connectivity index (χ1v) is 7.39.